The number of rotatable bonds is 8. The van der Waals surface area contributed by atoms with E-state index < -0.39 is 0 Å². The topological polar surface area (TPSA) is 47.6 Å². The summed E-state index contributed by atoms with van der Waals surface area (Å²) in [5.41, 5.74) is 3.83. The van der Waals surface area contributed by atoms with Gasteiger partial charge in [-0.2, -0.15) is 0 Å². The van der Waals surface area contributed by atoms with E-state index >= 15 is 0 Å². The van der Waals surface area contributed by atoms with Gasteiger partial charge >= 0.3 is 0 Å². The molecule has 3 aromatic carbocycles. The second-order valence-electron chi connectivity index (χ2n) is 7.34. The Hall–Kier alpha value is -2.98. The third-order valence-corrected chi connectivity index (χ3v) is 5.17. The molecule has 0 unspecified atom stereocenters. The molecule has 0 aliphatic carbocycles. The van der Waals surface area contributed by atoms with Gasteiger partial charge in [-0.3, -0.25) is 4.79 Å². The molecule has 0 bridgehead atoms. The van der Waals surface area contributed by atoms with Gasteiger partial charge in [0, 0.05) is 16.1 Å². The number of hydrogen-bond donors (Lipinski definition) is 1. The van der Waals surface area contributed by atoms with Crippen LogP contribution in [0.4, 0.5) is 0 Å². The summed E-state index contributed by atoms with van der Waals surface area (Å²) in [6, 6.07) is 20.5. The minimum atomic E-state index is -0.172. The van der Waals surface area contributed by atoms with E-state index in [-0.39, 0.29) is 11.9 Å². The van der Waals surface area contributed by atoms with E-state index in [9.17, 15) is 4.79 Å². The van der Waals surface area contributed by atoms with Crippen LogP contribution in [0, 0.1) is 13.8 Å². The molecule has 1 atom stereocenters. The summed E-state index contributed by atoms with van der Waals surface area (Å²) in [7, 11) is 0. The van der Waals surface area contributed by atoms with Crippen molar-refractivity contribution >= 4 is 17.5 Å². The van der Waals surface area contributed by atoms with Crippen molar-refractivity contribution in [2.24, 2.45) is 0 Å². The van der Waals surface area contributed by atoms with Gasteiger partial charge in [0.05, 0.1) is 6.04 Å². The predicted octanol–water partition coefficient (Wildman–Crippen LogP) is 5.73. The lowest BCUT2D eigenvalue weighted by Gasteiger charge is -2.16. The smallest absolute Gasteiger partial charge is 0.251 e. The molecule has 0 heterocycles. The number of hydrogen-bond acceptors (Lipinski definition) is 3. The van der Waals surface area contributed by atoms with Crippen molar-refractivity contribution in [1.29, 1.82) is 0 Å². The normalized spacial score (nSPS) is 11.6. The molecule has 0 radical (unpaired) electrons. The molecule has 0 saturated heterocycles. The highest BCUT2D eigenvalue weighted by molar-refractivity contribution is 6.31. The van der Waals surface area contributed by atoms with Gasteiger partial charge < -0.3 is 14.8 Å². The van der Waals surface area contributed by atoms with E-state index in [1.54, 1.807) is 18.2 Å². The quantitative estimate of drug-likeness (QED) is 0.503. The fourth-order valence-electron chi connectivity index (χ4n) is 2.88. The molecular weight excluding hydrogens is 398 g/mol. The number of amides is 1. The van der Waals surface area contributed by atoms with E-state index in [1.165, 1.54) is 11.1 Å². The largest absolute Gasteiger partial charge is 0.491 e. The van der Waals surface area contributed by atoms with E-state index in [4.69, 9.17) is 21.1 Å². The number of carbonyl (C=O) groups excluding carboxylic acids is 1. The number of halogens is 1. The molecule has 0 aliphatic heterocycles. The van der Waals surface area contributed by atoms with Gasteiger partial charge in [-0.25, -0.2) is 0 Å². The fourth-order valence-corrected chi connectivity index (χ4v) is 3.07. The second kappa shape index (κ2) is 10.2. The first kappa shape index (κ1) is 21.7. The molecule has 0 fully saturated rings. The first-order valence-corrected chi connectivity index (χ1v) is 10.3. The van der Waals surface area contributed by atoms with Crippen LogP contribution in [0.25, 0.3) is 0 Å². The third kappa shape index (κ3) is 6.01. The Morgan fingerprint density at radius 1 is 0.933 bits per heavy atom. The molecule has 1 N–H and O–H groups in total. The Morgan fingerprint density at radius 2 is 1.70 bits per heavy atom. The lowest BCUT2D eigenvalue weighted by molar-refractivity contribution is 0.0926. The van der Waals surface area contributed by atoms with Gasteiger partial charge in [-0.05, 0) is 68.3 Å². The van der Waals surface area contributed by atoms with E-state index in [1.807, 2.05) is 62.4 Å². The maximum absolute atomic E-state index is 12.6. The van der Waals surface area contributed by atoms with E-state index in [0.29, 0.717) is 29.5 Å². The summed E-state index contributed by atoms with van der Waals surface area (Å²) in [4.78, 5) is 12.6. The van der Waals surface area contributed by atoms with Crippen LogP contribution in [0.2, 0.25) is 5.02 Å². The van der Waals surface area contributed by atoms with Crippen LogP contribution in [0.1, 0.15) is 34.0 Å². The van der Waals surface area contributed by atoms with Crippen LogP contribution in [-0.2, 0) is 6.61 Å². The molecule has 0 saturated carbocycles. The van der Waals surface area contributed by atoms with Gasteiger partial charge in [0.25, 0.3) is 5.91 Å². The van der Waals surface area contributed by atoms with Crippen molar-refractivity contribution in [3.05, 3.63) is 94.0 Å². The number of nitrogens with one attached hydrogen (secondary N) is 1. The average Bonchev–Trinajstić information content (AvgIpc) is 2.74. The zero-order chi connectivity index (χ0) is 21.5. The number of aryl methyl sites for hydroxylation is 2. The van der Waals surface area contributed by atoms with Crippen LogP contribution in [-0.4, -0.2) is 18.6 Å². The van der Waals surface area contributed by atoms with Crippen LogP contribution in [0.5, 0.6) is 11.5 Å². The molecule has 0 spiro atoms. The first-order valence-electron chi connectivity index (χ1n) is 9.89. The molecule has 1 amide bonds. The Morgan fingerprint density at radius 3 is 2.47 bits per heavy atom. The minimum absolute atomic E-state index is 0.146. The lowest BCUT2D eigenvalue weighted by Crippen LogP contribution is -2.36. The maximum atomic E-state index is 12.6. The number of carbonyl (C=O) groups is 1. The first-order chi connectivity index (χ1) is 14.4. The van der Waals surface area contributed by atoms with Gasteiger partial charge in [0.2, 0.25) is 0 Å². The number of ether oxygens (including phenoxy) is 2. The molecule has 30 heavy (non-hydrogen) atoms. The maximum Gasteiger partial charge on any atom is 0.251 e. The van der Waals surface area contributed by atoms with Crippen molar-refractivity contribution < 1.29 is 14.3 Å². The van der Waals surface area contributed by atoms with Crippen LogP contribution < -0.4 is 14.8 Å². The molecule has 0 aliphatic rings. The Bertz CT molecular complexity index is 1020. The summed E-state index contributed by atoms with van der Waals surface area (Å²) in [6.07, 6.45) is 0. The summed E-state index contributed by atoms with van der Waals surface area (Å²) < 4.78 is 11.6. The Balaban J connectivity index is 1.53. The van der Waals surface area contributed by atoms with Gasteiger partial charge in [0.1, 0.15) is 24.7 Å². The zero-order valence-electron chi connectivity index (χ0n) is 17.4. The summed E-state index contributed by atoms with van der Waals surface area (Å²) in [5, 5.41) is 3.62. The highest BCUT2D eigenvalue weighted by Gasteiger charge is 2.12. The van der Waals surface area contributed by atoms with Crippen LogP contribution in [0.3, 0.4) is 0 Å². The number of benzene rings is 3. The molecule has 4 nitrogen and oxygen atoms in total. The van der Waals surface area contributed by atoms with Crippen LogP contribution in [0.15, 0.2) is 66.7 Å². The zero-order valence-corrected chi connectivity index (χ0v) is 18.2. The Labute approximate surface area is 182 Å². The summed E-state index contributed by atoms with van der Waals surface area (Å²) >= 11 is 6.16. The van der Waals surface area contributed by atoms with Gasteiger partial charge in [0.15, 0.2) is 0 Å². The van der Waals surface area contributed by atoms with Crippen molar-refractivity contribution in [2.45, 2.75) is 33.4 Å². The molecule has 156 valence electrons. The fraction of sp³-hybridized carbons (Fsp3) is 0.240. The van der Waals surface area contributed by atoms with Gasteiger partial charge in [-0.1, -0.05) is 41.9 Å². The molecule has 5 heteroatoms. The monoisotopic (exact) mass is 423 g/mol. The van der Waals surface area contributed by atoms with Crippen molar-refractivity contribution in [2.75, 3.05) is 6.61 Å². The van der Waals surface area contributed by atoms with Crippen molar-refractivity contribution in [1.82, 2.24) is 5.32 Å². The highest BCUT2D eigenvalue weighted by Crippen LogP contribution is 2.20. The molecule has 3 aromatic rings. The van der Waals surface area contributed by atoms with Crippen LogP contribution >= 0.6 is 11.6 Å². The average molecular weight is 424 g/mol. The van der Waals surface area contributed by atoms with E-state index in [2.05, 4.69) is 12.2 Å². The lowest BCUT2D eigenvalue weighted by atomic mass is 10.1. The highest BCUT2D eigenvalue weighted by atomic mass is 35.5. The molecule has 3 rings (SSSR count). The second-order valence-corrected chi connectivity index (χ2v) is 7.75. The van der Waals surface area contributed by atoms with Gasteiger partial charge in [-0.15, -0.1) is 0 Å². The van der Waals surface area contributed by atoms with Crippen molar-refractivity contribution in [3.63, 3.8) is 0 Å². The third-order valence-electron chi connectivity index (χ3n) is 4.80. The predicted molar refractivity (Wildman–Crippen MR) is 121 cm³/mol. The minimum Gasteiger partial charge on any atom is -0.491 e. The van der Waals surface area contributed by atoms with Crippen molar-refractivity contribution in [3.8, 4) is 11.5 Å². The molecule has 0 aromatic heterocycles. The molecular formula is C25H26ClNO3. The van der Waals surface area contributed by atoms with E-state index in [0.717, 1.165) is 11.3 Å². The standard InChI is InChI=1S/C25H26ClNO3/c1-17-11-12-23(13-18(17)2)29-15-19(3)27-25(28)20-8-6-9-22(14-20)30-16-21-7-4-5-10-24(21)26/h4-14,19H,15-16H2,1-3H3,(H,27,28)/t19-/m0/s1. The SMILES string of the molecule is Cc1ccc(OC[C@H](C)NC(=O)c2cccc(OCc3ccccc3Cl)c2)cc1C. The Kier molecular flexibility index (Phi) is 7.36. The summed E-state index contributed by atoms with van der Waals surface area (Å²) in [6.45, 7) is 6.75. The summed E-state index contributed by atoms with van der Waals surface area (Å²) in [5.74, 6) is 1.24.